The van der Waals surface area contributed by atoms with E-state index in [1.54, 1.807) is 11.8 Å². The Kier molecular flexibility index (Phi) is 9.93. The van der Waals surface area contributed by atoms with E-state index in [9.17, 15) is 14.4 Å². The van der Waals surface area contributed by atoms with Gasteiger partial charge in [-0.25, -0.2) is 4.99 Å². The van der Waals surface area contributed by atoms with Crippen LogP contribution in [0.2, 0.25) is 0 Å². The molecule has 9 heteroatoms. The minimum atomic E-state index is -0.538. The average Bonchev–Trinajstić information content (AvgIpc) is 3.17. The van der Waals surface area contributed by atoms with E-state index in [1.165, 1.54) is 6.92 Å². The van der Waals surface area contributed by atoms with Crippen LogP contribution in [0.3, 0.4) is 0 Å². The molecule has 0 aliphatic carbocycles. The summed E-state index contributed by atoms with van der Waals surface area (Å²) < 4.78 is 11.2. The minimum absolute atomic E-state index is 0.0284. The van der Waals surface area contributed by atoms with Crippen molar-refractivity contribution < 1.29 is 23.9 Å². The summed E-state index contributed by atoms with van der Waals surface area (Å²) in [6.45, 7) is 7.42. The SMILES string of the molecule is CCCCCCN(C(=O)CCCCCOc1ccc2c(c1)CN1CC(=O)NC1=N2)C(C)OC(C)=O. The summed E-state index contributed by atoms with van der Waals surface area (Å²) in [4.78, 5) is 43.8. The summed E-state index contributed by atoms with van der Waals surface area (Å²) in [6, 6.07) is 5.79. The maximum Gasteiger partial charge on any atom is 0.304 e. The van der Waals surface area contributed by atoms with Crippen LogP contribution in [0.25, 0.3) is 0 Å². The molecule has 0 saturated carbocycles. The van der Waals surface area contributed by atoms with Crippen molar-refractivity contribution in [2.45, 2.75) is 84.9 Å². The van der Waals surface area contributed by atoms with Crippen LogP contribution in [-0.2, 0) is 25.7 Å². The van der Waals surface area contributed by atoms with E-state index >= 15 is 0 Å². The first-order chi connectivity index (χ1) is 16.9. The fourth-order valence-electron chi connectivity index (χ4n) is 4.34. The van der Waals surface area contributed by atoms with Gasteiger partial charge in [0.05, 0.1) is 12.3 Å². The number of hydrogen-bond acceptors (Lipinski definition) is 7. The average molecular weight is 487 g/mol. The molecule has 1 unspecified atom stereocenters. The number of nitrogens with one attached hydrogen (secondary N) is 1. The van der Waals surface area contributed by atoms with Crippen molar-refractivity contribution in [3.05, 3.63) is 23.8 Å². The molecule has 1 aromatic carbocycles. The summed E-state index contributed by atoms with van der Waals surface area (Å²) in [5.74, 6) is 1.02. The van der Waals surface area contributed by atoms with E-state index < -0.39 is 6.23 Å². The quantitative estimate of drug-likeness (QED) is 0.243. The van der Waals surface area contributed by atoms with E-state index in [1.807, 2.05) is 23.1 Å². The Morgan fingerprint density at radius 2 is 1.94 bits per heavy atom. The third kappa shape index (κ3) is 7.97. The normalized spacial score (nSPS) is 15.0. The van der Waals surface area contributed by atoms with Gasteiger partial charge in [-0.15, -0.1) is 0 Å². The highest BCUT2D eigenvalue weighted by molar-refractivity contribution is 6.05. The predicted molar refractivity (Wildman–Crippen MR) is 133 cm³/mol. The summed E-state index contributed by atoms with van der Waals surface area (Å²) >= 11 is 0. The Labute approximate surface area is 207 Å². The lowest BCUT2D eigenvalue weighted by atomic mass is 10.1. The number of nitrogens with zero attached hydrogens (tertiary/aromatic N) is 3. The van der Waals surface area contributed by atoms with E-state index in [0.29, 0.717) is 38.6 Å². The fourth-order valence-corrected chi connectivity index (χ4v) is 4.34. The number of carbonyl (C=O) groups excluding carboxylic acids is 3. The molecule has 2 aliphatic rings. The molecule has 3 rings (SSSR count). The number of amides is 2. The third-order valence-electron chi connectivity index (χ3n) is 6.18. The molecule has 2 heterocycles. The van der Waals surface area contributed by atoms with Crippen molar-refractivity contribution in [3.8, 4) is 5.75 Å². The lowest BCUT2D eigenvalue weighted by Crippen LogP contribution is -2.41. The molecular weight excluding hydrogens is 448 g/mol. The Hall–Kier alpha value is -3.10. The molecular formula is C26H38N4O5. The van der Waals surface area contributed by atoms with Crippen LogP contribution in [0.4, 0.5) is 5.69 Å². The van der Waals surface area contributed by atoms with Crippen molar-refractivity contribution >= 4 is 29.4 Å². The van der Waals surface area contributed by atoms with Gasteiger partial charge in [-0.2, -0.15) is 0 Å². The van der Waals surface area contributed by atoms with Crippen LogP contribution in [0.1, 0.15) is 77.7 Å². The van der Waals surface area contributed by atoms with Gasteiger partial charge in [-0.1, -0.05) is 26.2 Å². The van der Waals surface area contributed by atoms with Crippen molar-refractivity contribution in [3.63, 3.8) is 0 Å². The number of benzene rings is 1. The summed E-state index contributed by atoms with van der Waals surface area (Å²) in [5.41, 5.74) is 1.89. The van der Waals surface area contributed by atoms with Crippen LogP contribution in [0.15, 0.2) is 23.2 Å². The van der Waals surface area contributed by atoms with Crippen molar-refractivity contribution in [1.29, 1.82) is 0 Å². The molecule has 0 bridgehead atoms. The molecule has 2 aliphatic heterocycles. The van der Waals surface area contributed by atoms with Crippen LogP contribution < -0.4 is 10.1 Å². The number of carbonyl (C=O) groups is 3. The fraction of sp³-hybridized carbons (Fsp3) is 0.615. The second-order valence-electron chi connectivity index (χ2n) is 9.15. The van der Waals surface area contributed by atoms with Gasteiger partial charge in [-0.05, 0) is 50.8 Å². The highest BCUT2D eigenvalue weighted by Crippen LogP contribution is 2.30. The lowest BCUT2D eigenvalue weighted by Gasteiger charge is -2.28. The number of unbranched alkanes of at least 4 members (excludes halogenated alkanes) is 5. The monoisotopic (exact) mass is 486 g/mol. The minimum Gasteiger partial charge on any atom is -0.494 e. The number of hydrogen-bond donors (Lipinski definition) is 1. The molecule has 1 aromatic rings. The van der Waals surface area contributed by atoms with Crippen LogP contribution in [0, 0.1) is 0 Å². The van der Waals surface area contributed by atoms with Gasteiger partial charge in [0.15, 0.2) is 6.23 Å². The number of rotatable bonds is 14. The van der Waals surface area contributed by atoms with E-state index in [-0.39, 0.29) is 17.8 Å². The maximum atomic E-state index is 12.8. The first-order valence-electron chi connectivity index (χ1n) is 12.7. The van der Waals surface area contributed by atoms with Gasteiger partial charge in [0.2, 0.25) is 17.8 Å². The van der Waals surface area contributed by atoms with Crippen molar-refractivity contribution in [2.75, 3.05) is 19.7 Å². The molecule has 2 amide bonds. The number of guanidine groups is 1. The standard InChI is InChI=1S/C26H38N4O5/c1-4-5-6-9-14-30(19(2)35-20(3)31)25(33)11-8-7-10-15-34-22-12-13-23-21(16-22)17-29-18-24(32)28-26(29)27-23/h12-13,16,19H,4-11,14-15,17-18H2,1-3H3,(H,27,28,32). The van der Waals surface area contributed by atoms with Crippen LogP contribution >= 0.6 is 0 Å². The highest BCUT2D eigenvalue weighted by atomic mass is 16.6. The zero-order valence-corrected chi connectivity index (χ0v) is 21.2. The first kappa shape index (κ1) is 26.5. The summed E-state index contributed by atoms with van der Waals surface area (Å²) in [5, 5.41) is 2.77. The van der Waals surface area contributed by atoms with Crippen molar-refractivity contribution in [1.82, 2.24) is 15.1 Å². The Morgan fingerprint density at radius 1 is 1.14 bits per heavy atom. The number of esters is 1. The van der Waals surface area contributed by atoms with E-state index in [0.717, 1.165) is 61.9 Å². The zero-order valence-electron chi connectivity index (χ0n) is 21.2. The predicted octanol–water partition coefficient (Wildman–Crippen LogP) is 3.88. The van der Waals surface area contributed by atoms with Gasteiger partial charge < -0.3 is 19.3 Å². The highest BCUT2D eigenvalue weighted by Gasteiger charge is 2.29. The van der Waals surface area contributed by atoms with Gasteiger partial charge in [0.1, 0.15) is 12.3 Å². The molecule has 0 spiro atoms. The molecule has 9 nitrogen and oxygen atoms in total. The first-order valence-corrected chi connectivity index (χ1v) is 12.7. The van der Waals surface area contributed by atoms with Crippen molar-refractivity contribution in [2.24, 2.45) is 4.99 Å². The second-order valence-corrected chi connectivity index (χ2v) is 9.15. The molecule has 192 valence electrons. The van der Waals surface area contributed by atoms with Gasteiger partial charge in [0.25, 0.3) is 0 Å². The van der Waals surface area contributed by atoms with Crippen LogP contribution in [-0.4, -0.2) is 59.5 Å². The number of fused-ring (bicyclic) bond motifs is 2. The van der Waals surface area contributed by atoms with Gasteiger partial charge in [0, 0.05) is 32.0 Å². The second kappa shape index (κ2) is 13.1. The largest absolute Gasteiger partial charge is 0.494 e. The lowest BCUT2D eigenvalue weighted by molar-refractivity contribution is -0.161. The molecule has 1 saturated heterocycles. The number of aliphatic imine (C=N–C) groups is 1. The smallest absolute Gasteiger partial charge is 0.304 e. The van der Waals surface area contributed by atoms with Gasteiger partial charge >= 0.3 is 5.97 Å². The Morgan fingerprint density at radius 3 is 2.71 bits per heavy atom. The molecule has 1 atom stereocenters. The molecule has 0 aromatic heterocycles. The summed E-state index contributed by atoms with van der Waals surface area (Å²) in [7, 11) is 0. The molecule has 1 N–H and O–H groups in total. The van der Waals surface area contributed by atoms with Crippen LogP contribution in [0.5, 0.6) is 5.75 Å². The molecule has 0 radical (unpaired) electrons. The third-order valence-corrected chi connectivity index (χ3v) is 6.18. The molecule has 35 heavy (non-hydrogen) atoms. The maximum absolute atomic E-state index is 12.8. The van der Waals surface area contributed by atoms with E-state index in [2.05, 4.69) is 17.2 Å². The number of ether oxygens (including phenoxy) is 2. The molecule has 1 fully saturated rings. The van der Waals surface area contributed by atoms with E-state index in [4.69, 9.17) is 9.47 Å². The Bertz CT molecular complexity index is 932. The zero-order chi connectivity index (χ0) is 25.2. The van der Waals surface area contributed by atoms with Gasteiger partial charge in [-0.3, -0.25) is 19.7 Å². The topological polar surface area (TPSA) is 101 Å². The summed E-state index contributed by atoms with van der Waals surface area (Å²) in [6.07, 6.45) is 6.61. The Balaban J connectivity index is 1.38.